The topological polar surface area (TPSA) is 61.7 Å². The van der Waals surface area contributed by atoms with Crippen molar-refractivity contribution in [2.45, 2.75) is 6.92 Å². The molecule has 0 rings (SSSR count). The summed E-state index contributed by atoms with van der Waals surface area (Å²) >= 11 is -2.37. The summed E-state index contributed by atoms with van der Waals surface area (Å²) in [5.74, 6) is 0. The molecule has 0 fully saturated rings. The fourth-order valence-corrected chi connectivity index (χ4v) is 0.271. The van der Waals surface area contributed by atoms with Gasteiger partial charge in [0.05, 0.1) is 17.9 Å². The smallest absolute Gasteiger partial charge is 0.182 e. The third-order valence-corrected chi connectivity index (χ3v) is 0.629. The van der Waals surface area contributed by atoms with Crippen LogP contribution in [0.15, 0.2) is 4.40 Å². The molecule has 8 heavy (non-hydrogen) atoms. The van der Waals surface area contributed by atoms with E-state index < -0.39 is 11.3 Å². The summed E-state index contributed by atoms with van der Waals surface area (Å²) in [4.78, 5) is 0. The van der Waals surface area contributed by atoms with Gasteiger partial charge >= 0.3 is 0 Å². The first kappa shape index (κ1) is 7.58. The van der Waals surface area contributed by atoms with Gasteiger partial charge in [0.1, 0.15) is 0 Å². The summed E-state index contributed by atoms with van der Waals surface area (Å²) in [7, 11) is 0. The van der Waals surface area contributed by atoms with Crippen molar-refractivity contribution in [3.8, 4) is 0 Å². The monoisotopic (exact) mass is 136 g/mol. The minimum Gasteiger partial charge on any atom is -0.754 e. The maximum atomic E-state index is 9.60. The van der Waals surface area contributed by atoms with Gasteiger partial charge in [0, 0.05) is 0 Å². The van der Waals surface area contributed by atoms with Crippen molar-refractivity contribution in [1.82, 2.24) is 0 Å². The first-order valence-corrected chi connectivity index (χ1v) is 3.04. The Bertz CT molecular complexity index is 103. The largest absolute Gasteiger partial charge is 0.754 e. The van der Waals surface area contributed by atoms with Gasteiger partial charge in [-0.3, -0.25) is 4.21 Å². The van der Waals surface area contributed by atoms with Gasteiger partial charge in [-0.1, -0.05) is 0 Å². The van der Waals surface area contributed by atoms with E-state index in [4.69, 9.17) is 0 Å². The quantitative estimate of drug-likeness (QED) is 0.308. The van der Waals surface area contributed by atoms with E-state index in [1.165, 1.54) is 0 Å². The van der Waals surface area contributed by atoms with Gasteiger partial charge in [0.25, 0.3) is 0 Å². The molecule has 0 N–H and O–H groups in total. The van der Waals surface area contributed by atoms with Gasteiger partial charge in [0.15, 0.2) is 6.40 Å². The first-order valence-electron chi connectivity index (χ1n) is 2.01. The molecule has 0 spiro atoms. The number of hydrogen-bond donors (Lipinski definition) is 0. The van der Waals surface area contributed by atoms with E-state index >= 15 is 0 Å². The maximum Gasteiger partial charge on any atom is 0.182 e. The van der Waals surface area contributed by atoms with E-state index in [1.807, 2.05) is 0 Å². The van der Waals surface area contributed by atoms with E-state index in [2.05, 4.69) is 9.13 Å². The lowest BCUT2D eigenvalue weighted by Gasteiger charge is -1.93. The molecule has 0 aliphatic carbocycles. The zero-order valence-corrected chi connectivity index (χ0v) is 5.18. The van der Waals surface area contributed by atoms with Crippen LogP contribution in [0.5, 0.6) is 0 Å². The third-order valence-electron chi connectivity index (χ3n) is 0.370. The van der Waals surface area contributed by atoms with Crippen LogP contribution in [-0.2, 0) is 16.0 Å². The summed E-state index contributed by atoms with van der Waals surface area (Å²) in [6, 6.07) is 0. The Morgan fingerprint density at radius 2 is 2.62 bits per heavy atom. The molecule has 0 heterocycles. The van der Waals surface area contributed by atoms with Crippen LogP contribution in [0.3, 0.4) is 0 Å². The Morgan fingerprint density at radius 3 is 3.00 bits per heavy atom. The average Bonchev–Trinajstić information content (AvgIpc) is 1.66. The average molecular weight is 136 g/mol. The maximum absolute atomic E-state index is 9.60. The Kier molecular flexibility index (Phi) is 4.48. The molecule has 5 heteroatoms. The fraction of sp³-hybridized carbons (Fsp3) is 0.667. The molecule has 0 aliphatic heterocycles. The summed E-state index contributed by atoms with van der Waals surface area (Å²) < 4.78 is 26.5. The van der Waals surface area contributed by atoms with Crippen LogP contribution < -0.4 is 0 Å². The minimum absolute atomic E-state index is 0.431. The van der Waals surface area contributed by atoms with Crippen LogP contribution in [0.25, 0.3) is 0 Å². The number of rotatable bonds is 3. The highest BCUT2D eigenvalue weighted by atomic mass is 32.2. The Balaban J connectivity index is 3.20. The van der Waals surface area contributed by atoms with Crippen molar-refractivity contribution in [3.63, 3.8) is 0 Å². The zero-order chi connectivity index (χ0) is 6.41. The number of ether oxygens (including phenoxy) is 1. The Morgan fingerprint density at radius 1 is 2.00 bits per heavy atom. The Hall–Kier alpha value is -0.420. The van der Waals surface area contributed by atoms with Gasteiger partial charge in [0.2, 0.25) is 0 Å². The molecule has 4 nitrogen and oxygen atoms in total. The second-order valence-corrected chi connectivity index (χ2v) is 1.53. The molecule has 1 atom stereocenters. The predicted molar refractivity (Wildman–Crippen MR) is 29.0 cm³/mol. The van der Waals surface area contributed by atoms with Crippen LogP contribution in [0.4, 0.5) is 0 Å². The fourth-order valence-electron chi connectivity index (χ4n) is 0.140. The highest BCUT2D eigenvalue weighted by Crippen LogP contribution is 1.72. The first-order chi connectivity index (χ1) is 3.77. The second-order valence-electron chi connectivity index (χ2n) is 0.883. The molecule has 0 bridgehead atoms. The molecule has 0 amide bonds. The molecule has 0 aromatic heterocycles. The van der Waals surface area contributed by atoms with Gasteiger partial charge < -0.3 is 9.29 Å². The molecule has 0 saturated carbocycles. The van der Waals surface area contributed by atoms with Gasteiger partial charge in [-0.2, -0.15) is 4.40 Å². The minimum atomic E-state index is -2.37. The van der Waals surface area contributed by atoms with E-state index in [-0.39, 0.29) is 0 Å². The second kappa shape index (κ2) is 4.73. The molecule has 0 radical (unpaired) electrons. The summed E-state index contributed by atoms with van der Waals surface area (Å²) in [5.41, 5.74) is 0. The van der Waals surface area contributed by atoms with Crippen molar-refractivity contribution in [2.24, 2.45) is 4.40 Å². The standard InChI is InChI=1S/C3H7NO3S/c1-2-7-3-4-8(5)6/h3H,2H2,1H3,(H,5,6)/p-1. The van der Waals surface area contributed by atoms with Crippen LogP contribution in [0, 0.1) is 0 Å². The number of hydrogen-bond acceptors (Lipinski definition) is 3. The predicted octanol–water partition coefficient (Wildman–Crippen LogP) is -0.155. The molecule has 0 aliphatic rings. The van der Waals surface area contributed by atoms with Crippen molar-refractivity contribution < 1.29 is 13.5 Å². The molecule has 0 aromatic carbocycles. The van der Waals surface area contributed by atoms with Crippen molar-refractivity contribution >= 4 is 17.7 Å². The zero-order valence-electron chi connectivity index (χ0n) is 4.36. The van der Waals surface area contributed by atoms with Crippen molar-refractivity contribution in [2.75, 3.05) is 6.61 Å². The Labute approximate surface area is 50.0 Å². The van der Waals surface area contributed by atoms with Gasteiger partial charge in [-0.05, 0) is 6.92 Å². The van der Waals surface area contributed by atoms with E-state index in [9.17, 15) is 8.76 Å². The van der Waals surface area contributed by atoms with E-state index in [0.717, 1.165) is 6.40 Å². The van der Waals surface area contributed by atoms with Crippen LogP contribution in [0.2, 0.25) is 0 Å². The molecule has 0 aromatic rings. The molecular formula is C3H6NO3S-. The van der Waals surface area contributed by atoms with Gasteiger partial charge in [-0.15, -0.1) is 0 Å². The van der Waals surface area contributed by atoms with E-state index in [1.54, 1.807) is 6.92 Å². The molecule has 48 valence electrons. The third kappa shape index (κ3) is 5.58. The molecule has 0 saturated heterocycles. The highest BCUT2D eigenvalue weighted by Gasteiger charge is 1.68. The molecular weight excluding hydrogens is 130 g/mol. The summed E-state index contributed by atoms with van der Waals surface area (Å²) in [5, 5.41) is 0. The lowest BCUT2D eigenvalue weighted by atomic mass is 10.9. The van der Waals surface area contributed by atoms with Crippen LogP contribution in [0.1, 0.15) is 6.92 Å². The lowest BCUT2D eigenvalue weighted by molar-refractivity contribution is 0.344. The van der Waals surface area contributed by atoms with E-state index in [0.29, 0.717) is 6.61 Å². The van der Waals surface area contributed by atoms with Crippen molar-refractivity contribution in [3.05, 3.63) is 0 Å². The van der Waals surface area contributed by atoms with Crippen molar-refractivity contribution in [1.29, 1.82) is 0 Å². The summed E-state index contributed by atoms with van der Waals surface area (Å²) in [6.07, 6.45) is 0.892. The highest BCUT2D eigenvalue weighted by molar-refractivity contribution is 7.77. The van der Waals surface area contributed by atoms with Gasteiger partial charge in [-0.25, -0.2) is 0 Å². The van der Waals surface area contributed by atoms with Crippen LogP contribution in [-0.4, -0.2) is 21.8 Å². The SMILES string of the molecule is CCOC=NS(=O)[O-]. The molecule has 1 unspecified atom stereocenters. The lowest BCUT2D eigenvalue weighted by Crippen LogP contribution is -1.87. The summed E-state index contributed by atoms with van der Waals surface area (Å²) in [6.45, 7) is 2.17. The number of nitrogens with zero attached hydrogens (tertiary/aromatic N) is 1. The van der Waals surface area contributed by atoms with Crippen LogP contribution >= 0.6 is 0 Å². The normalized spacial score (nSPS) is 14.2.